The van der Waals surface area contributed by atoms with Crippen LogP contribution in [0, 0.1) is 5.92 Å². The molecule has 1 aromatic heterocycles. The summed E-state index contributed by atoms with van der Waals surface area (Å²) in [5, 5.41) is 8.77. The number of rotatable bonds is 4. The number of nitrogens with two attached hydrogens (primary N) is 1. The molecule has 0 saturated carbocycles. The highest BCUT2D eigenvalue weighted by atomic mass is 32.1. The van der Waals surface area contributed by atoms with Crippen LogP contribution in [0.4, 0.5) is 5.69 Å². The summed E-state index contributed by atoms with van der Waals surface area (Å²) >= 11 is 1.31. The third-order valence-corrected chi connectivity index (χ3v) is 4.39. The summed E-state index contributed by atoms with van der Waals surface area (Å²) in [5.41, 5.74) is 8.61. The number of ether oxygens (including phenoxy) is 1. The van der Waals surface area contributed by atoms with Crippen molar-refractivity contribution in [2.75, 3.05) is 18.5 Å². The molecule has 0 radical (unpaired) electrons. The molecule has 3 rings (SSSR count). The third kappa shape index (κ3) is 3.49. The number of hydrogen-bond acceptors (Lipinski definition) is 6. The van der Waals surface area contributed by atoms with E-state index in [1.165, 1.54) is 11.5 Å². The number of carbonyl (C=O) groups is 1. The Kier molecular flexibility index (Phi) is 4.77. The number of aromatic nitrogens is 2. The van der Waals surface area contributed by atoms with Gasteiger partial charge in [0.25, 0.3) is 0 Å². The fourth-order valence-electron chi connectivity index (χ4n) is 2.53. The normalized spacial score (nSPS) is 17.1. The molecule has 22 heavy (non-hydrogen) atoms. The van der Waals surface area contributed by atoms with E-state index in [4.69, 9.17) is 10.5 Å². The van der Waals surface area contributed by atoms with Crippen LogP contribution in [0.5, 0.6) is 0 Å². The van der Waals surface area contributed by atoms with Crippen LogP contribution in [0.3, 0.4) is 0 Å². The monoisotopic (exact) mass is 318 g/mol. The Balaban J connectivity index is 1.61. The van der Waals surface area contributed by atoms with Crippen molar-refractivity contribution in [2.45, 2.75) is 18.9 Å². The van der Waals surface area contributed by atoms with Gasteiger partial charge in [0.05, 0.1) is 6.04 Å². The molecule has 1 aliphatic heterocycles. The van der Waals surface area contributed by atoms with Crippen molar-refractivity contribution in [1.29, 1.82) is 0 Å². The first-order valence-electron chi connectivity index (χ1n) is 7.26. The van der Waals surface area contributed by atoms with Gasteiger partial charge < -0.3 is 15.8 Å². The summed E-state index contributed by atoms with van der Waals surface area (Å²) in [6.07, 6.45) is 1.68. The van der Waals surface area contributed by atoms with E-state index in [9.17, 15) is 4.79 Å². The van der Waals surface area contributed by atoms with Crippen LogP contribution in [-0.2, 0) is 9.53 Å². The Hall–Kier alpha value is -1.83. The lowest BCUT2D eigenvalue weighted by Gasteiger charge is -2.26. The van der Waals surface area contributed by atoms with Gasteiger partial charge >= 0.3 is 0 Å². The maximum atomic E-state index is 12.2. The van der Waals surface area contributed by atoms with Crippen LogP contribution >= 0.6 is 11.5 Å². The number of hydrogen-bond donors (Lipinski definition) is 2. The lowest BCUT2D eigenvalue weighted by atomic mass is 9.92. The molecule has 1 aromatic carbocycles. The predicted molar refractivity (Wildman–Crippen MR) is 85.5 cm³/mol. The SMILES string of the molecule is NC(C(=O)Nc1ccc(-c2csnn2)cc1)C1CCOCC1. The Labute approximate surface area is 132 Å². The van der Waals surface area contributed by atoms with Gasteiger partial charge in [0.1, 0.15) is 5.69 Å². The second-order valence-electron chi connectivity index (χ2n) is 5.33. The number of amides is 1. The molecule has 2 heterocycles. The first kappa shape index (κ1) is 15.1. The topological polar surface area (TPSA) is 90.1 Å². The zero-order valence-electron chi connectivity index (χ0n) is 12.1. The van der Waals surface area contributed by atoms with E-state index < -0.39 is 6.04 Å². The molecule has 1 aliphatic rings. The summed E-state index contributed by atoms with van der Waals surface area (Å²) in [4.78, 5) is 12.2. The number of anilines is 1. The summed E-state index contributed by atoms with van der Waals surface area (Å²) in [6.45, 7) is 1.37. The van der Waals surface area contributed by atoms with Crippen molar-refractivity contribution < 1.29 is 9.53 Å². The van der Waals surface area contributed by atoms with Crippen molar-refractivity contribution in [3.8, 4) is 11.3 Å². The largest absolute Gasteiger partial charge is 0.381 e. The predicted octanol–water partition coefficient (Wildman–Crippen LogP) is 1.90. The minimum atomic E-state index is -0.494. The van der Waals surface area contributed by atoms with Gasteiger partial charge in [-0.3, -0.25) is 4.79 Å². The Morgan fingerprint density at radius 3 is 2.68 bits per heavy atom. The van der Waals surface area contributed by atoms with Gasteiger partial charge in [-0.05, 0) is 42.4 Å². The van der Waals surface area contributed by atoms with Crippen molar-refractivity contribution in [3.05, 3.63) is 29.6 Å². The van der Waals surface area contributed by atoms with E-state index in [1.54, 1.807) is 0 Å². The standard InChI is InChI=1S/C15H18N4O2S/c16-14(11-5-7-21-8-6-11)15(20)17-12-3-1-10(2-4-12)13-9-22-19-18-13/h1-4,9,11,14H,5-8,16H2,(H,17,20). The molecule has 7 heteroatoms. The Morgan fingerprint density at radius 1 is 1.32 bits per heavy atom. The molecule has 1 unspecified atom stereocenters. The van der Waals surface area contributed by atoms with Crippen LogP contribution in [0.1, 0.15) is 12.8 Å². The van der Waals surface area contributed by atoms with Crippen LogP contribution < -0.4 is 11.1 Å². The fraction of sp³-hybridized carbons (Fsp3) is 0.400. The van der Waals surface area contributed by atoms with E-state index in [0.717, 1.165) is 29.8 Å². The number of carbonyl (C=O) groups excluding carboxylic acids is 1. The van der Waals surface area contributed by atoms with Gasteiger partial charge in [-0.15, -0.1) is 5.10 Å². The molecular weight excluding hydrogens is 300 g/mol. The van der Waals surface area contributed by atoms with Gasteiger partial charge in [0.2, 0.25) is 5.91 Å². The lowest BCUT2D eigenvalue weighted by Crippen LogP contribution is -2.43. The molecule has 1 fully saturated rings. The Bertz CT molecular complexity index is 609. The number of benzene rings is 1. The molecule has 116 valence electrons. The molecule has 0 aliphatic carbocycles. The van der Waals surface area contributed by atoms with Crippen molar-refractivity contribution in [1.82, 2.24) is 9.59 Å². The molecule has 1 amide bonds. The van der Waals surface area contributed by atoms with Crippen LogP contribution in [0.25, 0.3) is 11.3 Å². The van der Waals surface area contributed by atoms with Gasteiger partial charge in [-0.2, -0.15) is 0 Å². The van der Waals surface area contributed by atoms with Crippen LogP contribution in [-0.4, -0.2) is 34.7 Å². The zero-order chi connectivity index (χ0) is 15.4. The second-order valence-corrected chi connectivity index (χ2v) is 5.94. The third-order valence-electron chi connectivity index (χ3n) is 3.88. The van der Waals surface area contributed by atoms with E-state index in [-0.39, 0.29) is 11.8 Å². The van der Waals surface area contributed by atoms with Crippen molar-refractivity contribution >= 4 is 23.1 Å². The van der Waals surface area contributed by atoms with E-state index in [0.29, 0.717) is 13.2 Å². The van der Waals surface area contributed by atoms with Gasteiger partial charge in [0.15, 0.2) is 0 Å². The quantitative estimate of drug-likeness (QED) is 0.898. The highest BCUT2D eigenvalue weighted by Gasteiger charge is 2.26. The highest BCUT2D eigenvalue weighted by molar-refractivity contribution is 7.03. The van der Waals surface area contributed by atoms with Gasteiger partial charge in [-0.25, -0.2) is 0 Å². The summed E-state index contributed by atoms with van der Waals surface area (Å²) in [5.74, 6) is 0.0454. The summed E-state index contributed by atoms with van der Waals surface area (Å²) < 4.78 is 9.14. The fourth-order valence-corrected chi connectivity index (χ4v) is 2.99. The van der Waals surface area contributed by atoms with Crippen molar-refractivity contribution in [3.63, 3.8) is 0 Å². The average Bonchev–Trinajstić information content (AvgIpc) is 3.10. The lowest BCUT2D eigenvalue weighted by molar-refractivity contribution is -0.119. The van der Waals surface area contributed by atoms with E-state index in [1.807, 2.05) is 29.6 Å². The van der Waals surface area contributed by atoms with Crippen LogP contribution in [0.15, 0.2) is 29.6 Å². The summed E-state index contributed by atoms with van der Waals surface area (Å²) in [6, 6.07) is 7.02. The first-order chi connectivity index (χ1) is 10.7. The van der Waals surface area contributed by atoms with Gasteiger partial charge in [0, 0.05) is 29.8 Å². The van der Waals surface area contributed by atoms with Gasteiger partial charge in [-0.1, -0.05) is 16.6 Å². The maximum absolute atomic E-state index is 12.2. The molecule has 1 atom stereocenters. The molecule has 3 N–H and O–H groups in total. The minimum Gasteiger partial charge on any atom is -0.381 e. The molecule has 6 nitrogen and oxygen atoms in total. The first-order valence-corrected chi connectivity index (χ1v) is 8.09. The maximum Gasteiger partial charge on any atom is 0.241 e. The van der Waals surface area contributed by atoms with Crippen LogP contribution in [0.2, 0.25) is 0 Å². The zero-order valence-corrected chi connectivity index (χ0v) is 12.9. The molecule has 2 aromatic rings. The van der Waals surface area contributed by atoms with Crippen molar-refractivity contribution in [2.24, 2.45) is 11.7 Å². The number of nitrogens with zero attached hydrogens (tertiary/aromatic N) is 2. The molecule has 0 bridgehead atoms. The van der Waals surface area contributed by atoms with E-state index >= 15 is 0 Å². The molecular formula is C15H18N4O2S. The minimum absolute atomic E-state index is 0.144. The summed E-state index contributed by atoms with van der Waals surface area (Å²) in [7, 11) is 0. The smallest absolute Gasteiger partial charge is 0.241 e. The molecule has 1 saturated heterocycles. The highest BCUT2D eigenvalue weighted by Crippen LogP contribution is 2.21. The Morgan fingerprint density at radius 2 is 2.05 bits per heavy atom. The second kappa shape index (κ2) is 6.95. The van der Waals surface area contributed by atoms with E-state index in [2.05, 4.69) is 14.9 Å². The number of nitrogens with one attached hydrogen (secondary N) is 1. The molecule has 0 spiro atoms. The average molecular weight is 318 g/mol.